The molecule has 28 heavy (non-hydrogen) atoms. The summed E-state index contributed by atoms with van der Waals surface area (Å²) in [6, 6.07) is 11.9. The molecule has 0 saturated heterocycles. The van der Waals surface area contributed by atoms with Crippen LogP contribution in [0.5, 0.6) is 0 Å². The van der Waals surface area contributed by atoms with Gasteiger partial charge >= 0.3 is 0 Å². The quantitative estimate of drug-likeness (QED) is 0.319. The van der Waals surface area contributed by atoms with E-state index < -0.39 is 0 Å². The number of hydrogen-bond donors (Lipinski definition) is 2. The third kappa shape index (κ3) is 6.77. The van der Waals surface area contributed by atoms with E-state index in [-0.39, 0.29) is 24.0 Å². The van der Waals surface area contributed by atoms with Crippen LogP contribution in [0.15, 0.2) is 47.7 Å². The van der Waals surface area contributed by atoms with E-state index in [1.165, 1.54) is 18.4 Å². The van der Waals surface area contributed by atoms with E-state index in [0.717, 1.165) is 43.7 Å². The molecule has 1 fully saturated rings. The molecule has 0 bridgehead atoms. The SMILES string of the molecule is CN=C(NCCc1ccc(-n2cccn2)cc1)NCCN(C(C)C)C1CC1.I. The maximum atomic E-state index is 4.33. The molecule has 3 rings (SSSR count). The molecule has 0 radical (unpaired) electrons. The topological polar surface area (TPSA) is 57.5 Å². The van der Waals surface area contributed by atoms with Crippen LogP contribution in [0.1, 0.15) is 32.3 Å². The summed E-state index contributed by atoms with van der Waals surface area (Å²) < 4.78 is 1.87. The van der Waals surface area contributed by atoms with Crippen LogP contribution in [0, 0.1) is 0 Å². The summed E-state index contributed by atoms with van der Waals surface area (Å²) in [4.78, 5) is 6.92. The van der Waals surface area contributed by atoms with Gasteiger partial charge in [-0.05, 0) is 56.9 Å². The second-order valence-corrected chi connectivity index (χ2v) is 7.36. The molecule has 1 heterocycles. The highest BCUT2D eigenvalue weighted by molar-refractivity contribution is 14.0. The Bertz CT molecular complexity index is 705. The Morgan fingerprint density at radius 3 is 2.50 bits per heavy atom. The van der Waals surface area contributed by atoms with Gasteiger partial charge in [0.15, 0.2) is 5.96 Å². The van der Waals surface area contributed by atoms with E-state index >= 15 is 0 Å². The second-order valence-electron chi connectivity index (χ2n) is 7.36. The van der Waals surface area contributed by atoms with Crippen LogP contribution in [0.25, 0.3) is 5.69 Å². The van der Waals surface area contributed by atoms with Gasteiger partial charge in [0.05, 0.1) is 5.69 Å². The Kier molecular flexibility index (Phi) is 9.24. The predicted octanol–water partition coefficient (Wildman–Crippen LogP) is 3.07. The van der Waals surface area contributed by atoms with E-state index in [4.69, 9.17) is 0 Å². The van der Waals surface area contributed by atoms with Crippen molar-refractivity contribution in [2.75, 3.05) is 26.7 Å². The number of nitrogens with one attached hydrogen (secondary N) is 2. The number of halogens is 1. The molecule has 2 aromatic rings. The summed E-state index contributed by atoms with van der Waals surface area (Å²) in [6.07, 6.45) is 7.41. The fourth-order valence-electron chi connectivity index (χ4n) is 3.35. The average Bonchev–Trinajstić information content (AvgIpc) is 3.36. The van der Waals surface area contributed by atoms with E-state index in [2.05, 4.69) is 63.7 Å². The van der Waals surface area contributed by atoms with Crippen LogP contribution in [-0.2, 0) is 6.42 Å². The number of rotatable bonds is 9. The van der Waals surface area contributed by atoms with Gasteiger partial charge in [-0.25, -0.2) is 4.68 Å². The number of nitrogens with zero attached hydrogens (tertiary/aromatic N) is 4. The van der Waals surface area contributed by atoms with E-state index in [0.29, 0.717) is 6.04 Å². The second kappa shape index (κ2) is 11.4. The zero-order valence-corrected chi connectivity index (χ0v) is 19.5. The summed E-state index contributed by atoms with van der Waals surface area (Å²) in [6.45, 7) is 7.41. The van der Waals surface area contributed by atoms with Gasteiger partial charge in [0, 0.05) is 51.2 Å². The van der Waals surface area contributed by atoms with Crippen molar-refractivity contribution >= 4 is 29.9 Å². The molecule has 0 unspecified atom stereocenters. The minimum absolute atomic E-state index is 0. The fourth-order valence-corrected chi connectivity index (χ4v) is 3.35. The normalized spacial score (nSPS) is 14.2. The fraction of sp³-hybridized carbons (Fsp3) is 0.524. The van der Waals surface area contributed by atoms with Crippen molar-refractivity contribution < 1.29 is 0 Å². The predicted molar refractivity (Wildman–Crippen MR) is 127 cm³/mol. The highest BCUT2D eigenvalue weighted by Gasteiger charge is 2.30. The zero-order valence-electron chi connectivity index (χ0n) is 17.1. The van der Waals surface area contributed by atoms with Crippen molar-refractivity contribution in [2.45, 2.75) is 45.2 Å². The number of benzene rings is 1. The van der Waals surface area contributed by atoms with Gasteiger partial charge in [-0.2, -0.15) is 5.10 Å². The first-order valence-electron chi connectivity index (χ1n) is 9.96. The molecule has 0 spiro atoms. The minimum Gasteiger partial charge on any atom is -0.356 e. The van der Waals surface area contributed by atoms with Gasteiger partial charge in [-0.1, -0.05) is 12.1 Å². The first kappa shape index (κ1) is 22.7. The van der Waals surface area contributed by atoms with Gasteiger partial charge in [0.2, 0.25) is 0 Å². The standard InChI is InChI=1S/C21H32N6.HI/c1-17(2)26(19-9-10-19)16-14-24-21(22-3)23-13-11-18-5-7-20(8-6-18)27-15-4-12-25-27;/h4-8,12,15,17,19H,9-11,13-14,16H2,1-3H3,(H2,22,23,24);1H. The summed E-state index contributed by atoms with van der Waals surface area (Å²) >= 11 is 0. The Morgan fingerprint density at radius 1 is 1.21 bits per heavy atom. The van der Waals surface area contributed by atoms with Crippen LogP contribution in [0.4, 0.5) is 0 Å². The summed E-state index contributed by atoms with van der Waals surface area (Å²) in [5.41, 5.74) is 2.38. The van der Waals surface area contributed by atoms with Gasteiger partial charge in [-0.15, -0.1) is 24.0 Å². The van der Waals surface area contributed by atoms with Crippen LogP contribution in [-0.4, -0.2) is 59.4 Å². The van der Waals surface area contributed by atoms with Crippen LogP contribution >= 0.6 is 24.0 Å². The Morgan fingerprint density at radius 2 is 1.93 bits per heavy atom. The lowest BCUT2D eigenvalue weighted by atomic mass is 10.1. The molecule has 0 aliphatic heterocycles. The number of hydrogen-bond acceptors (Lipinski definition) is 3. The Balaban J connectivity index is 0.00000280. The van der Waals surface area contributed by atoms with Crippen molar-refractivity contribution in [3.05, 3.63) is 48.3 Å². The first-order chi connectivity index (χ1) is 13.2. The van der Waals surface area contributed by atoms with Crippen molar-refractivity contribution in [3.63, 3.8) is 0 Å². The van der Waals surface area contributed by atoms with Crippen molar-refractivity contribution in [1.82, 2.24) is 25.3 Å². The molecule has 6 nitrogen and oxygen atoms in total. The Labute approximate surface area is 185 Å². The van der Waals surface area contributed by atoms with Gasteiger partial charge in [0.25, 0.3) is 0 Å². The molecule has 0 atom stereocenters. The van der Waals surface area contributed by atoms with Crippen LogP contribution < -0.4 is 10.6 Å². The van der Waals surface area contributed by atoms with Gasteiger partial charge in [-0.3, -0.25) is 9.89 Å². The summed E-state index contributed by atoms with van der Waals surface area (Å²) in [5.74, 6) is 0.877. The smallest absolute Gasteiger partial charge is 0.191 e. The van der Waals surface area contributed by atoms with Crippen molar-refractivity contribution in [2.24, 2.45) is 4.99 Å². The van der Waals surface area contributed by atoms with Crippen molar-refractivity contribution in [3.8, 4) is 5.69 Å². The molecular formula is C21H33IN6. The minimum atomic E-state index is 0. The molecule has 7 heteroatoms. The molecule has 1 aliphatic carbocycles. The molecule has 1 saturated carbocycles. The summed E-state index contributed by atoms with van der Waals surface area (Å²) in [7, 11) is 1.83. The van der Waals surface area contributed by atoms with E-state index in [9.17, 15) is 0 Å². The van der Waals surface area contributed by atoms with Gasteiger partial charge in [0.1, 0.15) is 0 Å². The number of aliphatic imine (C=N–C) groups is 1. The zero-order chi connectivity index (χ0) is 19.1. The molecule has 1 aromatic heterocycles. The molecule has 1 aliphatic rings. The summed E-state index contributed by atoms with van der Waals surface area (Å²) in [5, 5.41) is 11.1. The maximum Gasteiger partial charge on any atom is 0.191 e. The lowest BCUT2D eigenvalue weighted by Crippen LogP contribution is -2.44. The average molecular weight is 496 g/mol. The third-order valence-electron chi connectivity index (χ3n) is 4.98. The number of guanidine groups is 1. The Hall–Kier alpha value is -1.61. The first-order valence-corrected chi connectivity index (χ1v) is 9.96. The van der Waals surface area contributed by atoms with Crippen LogP contribution in [0.3, 0.4) is 0 Å². The molecular weight excluding hydrogens is 463 g/mol. The molecule has 1 aromatic carbocycles. The third-order valence-corrected chi connectivity index (χ3v) is 4.98. The van der Waals surface area contributed by atoms with Crippen molar-refractivity contribution in [1.29, 1.82) is 0 Å². The largest absolute Gasteiger partial charge is 0.356 e. The highest BCUT2D eigenvalue weighted by atomic mass is 127. The van der Waals surface area contributed by atoms with Crippen LogP contribution in [0.2, 0.25) is 0 Å². The molecule has 154 valence electrons. The highest BCUT2D eigenvalue weighted by Crippen LogP contribution is 2.27. The molecule has 2 N–H and O–H groups in total. The number of aromatic nitrogens is 2. The van der Waals surface area contributed by atoms with E-state index in [1.54, 1.807) is 6.20 Å². The lowest BCUT2D eigenvalue weighted by molar-refractivity contribution is 0.215. The van der Waals surface area contributed by atoms with Gasteiger partial charge < -0.3 is 10.6 Å². The molecule has 0 amide bonds. The van der Waals surface area contributed by atoms with E-state index in [1.807, 2.05) is 24.0 Å². The maximum absolute atomic E-state index is 4.33. The lowest BCUT2D eigenvalue weighted by Gasteiger charge is -2.26. The monoisotopic (exact) mass is 496 g/mol.